The van der Waals surface area contributed by atoms with Crippen molar-refractivity contribution in [2.75, 3.05) is 13.7 Å². The Morgan fingerprint density at radius 1 is 1.07 bits per heavy atom. The van der Waals surface area contributed by atoms with Crippen molar-refractivity contribution in [3.05, 3.63) is 60.5 Å². The molecule has 11 heteroatoms. The van der Waals surface area contributed by atoms with Crippen molar-refractivity contribution in [3.8, 4) is 0 Å². The number of hydrogen-bond donors (Lipinski definition) is 3. The molecule has 0 radical (unpaired) electrons. The number of rotatable bonds is 13. The first-order valence-corrected chi connectivity index (χ1v) is 15.8. The number of pyridine rings is 1. The van der Waals surface area contributed by atoms with Crippen LogP contribution in [0.3, 0.4) is 0 Å². The summed E-state index contributed by atoms with van der Waals surface area (Å²) in [6.07, 6.45) is 7.08. The van der Waals surface area contributed by atoms with Gasteiger partial charge in [-0.15, -0.1) is 0 Å². The molecule has 250 valence electrons. The van der Waals surface area contributed by atoms with Gasteiger partial charge in [-0.25, -0.2) is 10.2 Å². The van der Waals surface area contributed by atoms with Gasteiger partial charge in [-0.3, -0.25) is 24.4 Å². The second-order valence-corrected chi connectivity index (χ2v) is 12.5. The number of hydrogen-bond acceptors (Lipinski definition) is 8. The smallest absolute Gasteiger partial charge is 0.328 e. The largest absolute Gasteiger partial charge is 0.456 e. The highest BCUT2D eigenvalue weighted by Gasteiger charge is 2.42. The van der Waals surface area contributed by atoms with Crippen LogP contribution in [0, 0.1) is 11.8 Å². The Bertz CT molecular complexity index is 1460. The minimum Gasteiger partial charge on any atom is -0.456 e. The highest BCUT2D eigenvalue weighted by molar-refractivity contribution is 5.93. The summed E-state index contributed by atoms with van der Waals surface area (Å²) in [5.41, 5.74) is 3.49. The Kier molecular flexibility index (Phi) is 12.6. The maximum atomic E-state index is 13.5. The van der Waals surface area contributed by atoms with E-state index in [1.54, 1.807) is 45.2 Å². The molecule has 3 amide bonds. The molecule has 1 fully saturated rings. The fourth-order valence-electron chi connectivity index (χ4n) is 5.42. The molecule has 0 aliphatic carbocycles. The number of benzene rings is 1. The monoisotopic (exact) mass is 635 g/mol. The average molecular weight is 636 g/mol. The van der Waals surface area contributed by atoms with E-state index in [1.165, 1.54) is 12.1 Å². The molecule has 46 heavy (non-hydrogen) atoms. The van der Waals surface area contributed by atoms with Crippen LogP contribution in [-0.4, -0.2) is 71.1 Å². The van der Waals surface area contributed by atoms with E-state index >= 15 is 0 Å². The van der Waals surface area contributed by atoms with E-state index in [0.717, 1.165) is 22.0 Å². The fraction of sp³-hybridized carbons (Fsp3) is 0.514. The van der Waals surface area contributed by atoms with E-state index in [9.17, 15) is 19.2 Å². The van der Waals surface area contributed by atoms with Crippen molar-refractivity contribution in [2.45, 2.75) is 91.1 Å². The molecule has 3 unspecified atom stereocenters. The first-order chi connectivity index (χ1) is 21.7. The number of ether oxygens (including phenoxy) is 2. The number of esters is 1. The molecule has 1 saturated heterocycles. The lowest BCUT2D eigenvalue weighted by Gasteiger charge is -2.41. The first kappa shape index (κ1) is 36.4. The van der Waals surface area contributed by atoms with Gasteiger partial charge in [0.15, 0.2) is 0 Å². The summed E-state index contributed by atoms with van der Waals surface area (Å²) < 4.78 is 11.3. The van der Waals surface area contributed by atoms with Crippen LogP contribution in [0.25, 0.3) is 16.8 Å². The van der Waals surface area contributed by atoms with E-state index < -0.39 is 53.5 Å². The average Bonchev–Trinajstić information content (AvgIpc) is 3.04. The van der Waals surface area contributed by atoms with Crippen molar-refractivity contribution >= 4 is 40.5 Å². The third kappa shape index (κ3) is 8.79. The third-order valence-corrected chi connectivity index (χ3v) is 8.42. The number of carbonyl (C=O) groups excluding carboxylic acids is 4. The summed E-state index contributed by atoms with van der Waals surface area (Å²) in [5.74, 6) is -2.47. The number of amides is 3. The second kappa shape index (κ2) is 16.0. The Balaban J connectivity index is 1.63. The van der Waals surface area contributed by atoms with Crippen LogP contribution in [0.1, 0.15) is 78.7 Å². The van der Waals surface area contributed by atoms with Gasteiger partial charge >= 0.3 is 5.97 Å². The highest BCUT2D eigenvalue weighted by Crippen LogP contribution is 2.27. The lowest BCUT2D eigenvalue weighted by Crippen LogP contribution is -2.65. The van der Waals surface area contributed by atoms with Crippen LogP contribution in [0.15, 0.2) is 49.2 Å². The lowest BCUT2D eigenvalue weighted by molar-refractivity contribution is -0.164. The summed E-state index contributed by atoms with van der Waals surface area (Å²) in [4.78, 5) is 57.5. The molecule has 0 spiro atoms. The molecular formula is C35H49N5O6. The molecule has 1 aliphatic heterocycles. The molecule has 3 rings (SSSR count). The van der Waals surface area contributed by atoms with Gasteiger partial charge in [0.2, 0.25) is 11.8 Å². The standard InChI is InChI=1S/C35H49N5O6/c1-10-13-29(45-9)22(5)31(41)38-30(21(3)4)32(42)37-23(6)33(43)40-17-12-16-35(8,39-40)34(44)46-24(7)25-14-15-26-20-36-28(11-2)19-27(26)18-25/h10-11,13-15,18-24,29-30,39H,2,12,16-17H2,1,3-9H3,(H,37,42)(H,38,41)/b13-10+/t22?,23?,24-,29-,30+,35?/m1/s1. The fourth-order valence-corrected chi connectivity index (χ4v) is 5.42. The minimum atomic E-state index is -1.15. The van der Waals surface area contributed by atoms with Gasteiger partial charge in [0.25, 0.3) is 5.91 Å². The quantitative estimate of drug-likeness (QED) is 0.220. The number of nitrogens with one attached hydrogen (secondary N) is 3. The molecule has 1 aromatic heterocycles. The molecule has 0 bridgehead atoms. The molecule has 2 heterocycles. The van der Waals surface area contributed by atoms with E-state index in [-0.39, 0.29) is 11.8 Å². The number of aromatic nitrogens is 1. The topological polar surface area (TPSA) is 139 Å². The normalized spacial score (nSPS) is 20.1. The van der Waals surface area contributed by atoms with Gasteiger partial charge < -0.3 is 20.1 Å². The summed E-state index contributed by atoms with van der Waals surface area (Å²) in [6.45, 7) is 16.4. The molecule has 3 N–H and O–H groups in total. The van der Waals surface area contributed by atoms with E-state index in [0.29, 0.717) is 19.4 Å². The number of allylic oxidation sites excluding steroid dienone is 1. The van der Waals surface area contributed by atoms with Crippen LogP contribution >= 0.6 is 0 Å². The van der Waals surface area contributed by atoms with Crippen molar-refractivity contribution in [2.24, 2.45) is 11.8 Å². The number of methoxy groups -OCH3 is 1. The zero-order valence-corrected chi connectivity index (χ0v) is 28.3. The zero-order valence-electron chi connectivity index (χ0n) is 28.3. The molecule has 6 atom stereocenters. The Labute approximate surface area is 272 Å². The summed E-state index contributed by atoms with van der Waals surface area (Å²) in [7, 11) is 1.52. The second-order valence-electron chi connectivity index (χ2n) is 12.5. The maximum absolute atomic E-state index is 13.5. The molecule has 1 aromatic carbocycles. The number of fused-ring (bicyclic) bond motifs is 1. The van der Waals surface area contributed by atoms with E-state index in [4.69, 9.17) is 9.47 Å². The summed E-state index contributed by atoms with van der Waals surface area (Å²) >= 11 is 0. The zero-order chi connectivity index (χ0) is 34.2. The lowest BCUT2D eigenvalue weighted by atomic mass is 9.94. The molecule has 2 aromatic rings. The number of hydrazine groups is 1. The van der Waals surface area contributed by atoms with Crippen molar-refractivity contribution < 1.29 is 28.7 Å². The third-order valence-electron chi connectivity index (χ3n) is 8.42. The number of nitrogens with zero attached hydrogens (tertiary/aromatic N) is 2. The first-order valence-electron chi connectivity index (χ1n) is 15.8. The Morgan fingerprint density at radius 3 is 2.41 bits per heavy atom. The molecule has 1 aliphatic rings. The minimum absolute atomic E-state index is 0.238. The van der Waals surface area contributed by atoms with Gasteiger partial charge in [0, 0.05) is 25.2 Å². The predicted octanol–water partition coefficient (Wildman–Crippen LogP) is 4.24. The van der Waals surface area contributed by atoms with Crippen molar-refractivity contribution in [1.29, 1.82) is 0 Å². The predicted molar refractivity (Wildman–Crippen MR) is 178 cm³/mol. The van der Waals surface area contributed by atoms with Crippen molar-refractivity contribution in [3.63, 3.8) is 0 Å². The van der Waals surface area contributed by atoms with E-state index in [1.807, 2.05) is 52.0 Å². The summed E-state index contributed by atoms with van der Waals surface area (Å²) in [5, 5.41) is 8.85. The maximum Gasteiger partial charge on any atom is 0.328 e. The van der Waals surface area contributed by atoms with Crippen LogP contribution < -0.4 is 16.1 Å². The molecule has 0 saturated carbocycles. The SMILES string of the molecule is C=Cc1cc2cc([C@@H](C)OC(=O)C3(C)CCCN(C(=O)C(C)NC(=O)[C@@H](NC(=O)C(C)[C@@H](/C=C/C)OC)C(C)C)N3)ccc2cn1. The molecular weight excluding hydrogens is 586 g/mol. The van der Waals surface area contributed by atoms with E-state index in [2.05, 4.69) is 27.6 Å². The van der Waals surface area contributed by atoms with Crippen LogP contribution in [0.4, 0.5) is 0 Å². The number of carbonyl (C=O) groups is 4. The van der Waals surface area contributed by atoms with Crippen LogP contribution in [0.2, 0.25) is 0 Å². The van der Waals surface area contributed by atoms with Gasteiger partial charge in [0.05, 0.1) is 17.7 Å². The van der Waals surface area contributed by atoms with Gasteiger partial charge in [0.1, 0.15) is 23.7 Å². The Morgan fingerprint density at radius 2 is 1.78 bits per heavy atom. The summed E-state index contributed by atoms with van der Waals surface area (Å²) in [6, 6.07) is 5.94. The van der Waals surface area contributed by atoms with Crippen LogP contribution in [0.5, 0.6) is 0 Å². The van der Waals surface area contributed by atoms with Crippen LogP contribution in [-0.2, 0) is 28.7 Å². The highest BCUT2D eigenvalue weighted by atomic mass is 16.5. The van der Waals surface area contributed by atoms with Gasteiger partial charge in [-0.2, -0.15) is 0 Å². The van der Waals surface area contributed by atoms with Gasteiger partial charge in [-0.05, 0) is 75.6 Å². The Hall–Kier alpha value is -4.09. The van der Waals surface area contributed by atoms with Gasteiger partial charge in [-0.1, -0.05) is 51.6 Å². The van der Waals surface area contributed by atoms with Crippen molar-refractivity contribution in [1.82, 2.24) is 26.1 Å². The molecule has 11 nitrogen and oxygen atoms in total.